The van der Waals surface area contributed by atoms with Crippen LogP contribution in [0.3, 0.4) is 0 Å². The molecule has 2 aliphatic rings. The minimum atomic E-state index is -2.23. The van der Waals surface area contributed by atoms with Crippen LogP contribution in [0.4, 0.5) is 20.6 Å². The van der Waals surface area contributed by atoms with Gasteiger partial charge in [0, 0.05) is 37.8 Å². The number of amides is 2. The first-order valence-corrected chi connectivity index (χ1v) is 16.6. The number of nitrogens with one attached hydrogen (secondary N) is 1. The van der Waals surface area contributed by atoms with Crippen LogP contribution in [0, 0.1) is 15.9 Å². The average molecular weight is 736 g/mol. The standard InChI is InChI=1S/C34H34Cl3FN4O7/c35-34(36,37)31(43)39-33(21-24-4-6-26(38)7-5-24)13-12-25(22-33)23-41(32(44)49-29-10-8-27(9-11-29)42(45)46)28-2-1-3-30(20-28)48-19-16-40-14-17-47-18-15-40/h1-11,20,22H,12-19,21,23H2,(H,39,43). The summed E-state index contributed by atoms with van der Waals surface area (Å²) in [5.41, 5.74) is 0.820. The van der Waals surface area contributed by atoms with Gasteiger partial charge in [-0.2, -0.15) is 0 Å². The summed E-state index contributed by atoms with van der Waals surface area (Å²) < 4.78 is 28.5. The number of hydrogen-bond acceptors (Lipinski definition) is 8. The van der Waals surface area contributed by atoms with Crippen molar-refractivity contribution in [2.24, 2.45) is 0 Å². The molecule has 3 aromatic rings. The SMILES string of the molecule is O=C(Oc1ccc([N+](=O)[O-])cc1)N(CC1=CC(Cc2ccc(F)cc2)(NC(=O)C(Cl)(Cl)Cl)CC1)c1cccc(OCCN2CCOCC2)c1. The van der Waals surface area contributed by atoms with Crippen molar-refractivity contribution in [3.05, 3.63) is 106 Å². The Labute approximate surface area is 297 Å². The summed E-state index contributed by atoms with van der Waals surface area (Å²) in [6.07, 6.45) is 2.21. The Bertz CT molecular complexity index is 1670. The van der Waals surface area contributed by atoms with Gasteiger partial charge in [0.15, 0.2) is 0 Å². The number of nitro groups is 1. The first-order chi connectivity index (χ1) is 23.4. The molecular formula is C34H34Cl3FN4O7. The molecule has 0 aromatic heterocycles. The van der Waals surface area contributed by atoms with E-state index in [0.717, 1.165) is 24.2 Å². The lowest BCUT2D eigenvalue weighted by molar-refractivity contribution is -0.384. The monoisotopic (exact) mass is 734 g/mol. The van der Waals surface area contributed by atoms with E-state index in [1.807, 2.05) is 6.08 Å². The van der Waals surface area contributed by atoms with Crippen molar-refractivity contribution in [1.29, 1.82) is 0 Å². The van der Waals surface area contributed by atoms with Crippen LogP contribution in [-0.2, 0) is 16.0 Å². The Morgan fingerprint density at radius 1 is 1.04 bits per heavy atom. The molecule has 1 atom stereocenters. The van der Waals surface area contributed by atoms with E-state index in [1.165, 1.54) is 41.3 Å². The second-order valence-electron chi connectivity index (χ2n) is 11.7. The van der Waals surface area contributed by atoms with Crippen molar-refractivity contribution in [2.45, 2.75) is 28.6 Å². The topological polar surface area (TPSA) is 123 Å². The molecule has 0 saturated carbocycles. The highest BCUT2D eigenvalue weighted by Gasteiger charge is 2.41. The molecule has 1 unspecified atom stereocenters. The van der Waals surface area contributed by atoms with Crippen molar-refractivity contribution < 1.29 is 33.1 Å². The number of non-ortho nitro benzene ring substituents is 1. The Balaban J connectivity index is 1.40. The number of morpholine rings is 1. The third-order valence-electron chi connectivity index (χ3n) is 8.17. The maximum atomic E-state index is 13.8. The fraction of sp³-hybridized carbons (Fsp3) is 0.353. The molecule has 1 heterocycles. The number of halogens is 4. The zero-order chi connectivity index (χ0) is 35.0. The van der Waals surface area contributed by atoms with E-state index < -0.39 is 32.1 Å². The first-order valence-electron chi connectivity index (χ1n) is 15.5. The lowest BCUT2D eigenvalue weighted by atomic mass is 9.90. The van der Waals surface area contributed by atoms with Crippen LogP contribution in [0.2, 0.25) is 0 Å². The molecule has 0 bridgehead atoms. The van der Waals surface area contributed by atoms with Gasteiger partial charge in [-0.25, -0.2) is 9.18 Å². The second-order valence-corrected chi connectivity index (χ2v) is 14.0. The van der Waals surface area contributed by atoms with Gasteiger partial charge in [-0.1, -0.05) is 64.7 Å². The van der Waals surface area contributed by atoms with Gasteiger partial charge in [0.05, 0.1) is 35.9 Å². The molecule has 1 N–H and O–H groups in total. The van der Waals surface area contributed by atoms with E-state index in [9.17, 15) is 24.1 Å². The quantitative estimate of drug-likeness (QED) is 0.0951. The molecule has 1 saturated heterocycles. The van der Waals surface area contributed by atoms with Gasteiger partial charge in [0.25, 0.3) is 15.4 Å². The van der Waals surface area contributed by atoms with Gasteiger partial charge in [-0.3, -0.25) is 24.7 Å². The van der Waals surface area contributed by atoms with Crippen molar-refractivity contribution in [3.8, 4) is 11.5 Å². The van der Waals surface area contributed by atoms with E-state index in [-0.39, 0.29) is 24.4 Å². The van der Waals surface area contributed by atoms with Gasteiger partial charge in [-0.05, 0) is 61.2 Å². The van der Waals surface area contributed by atoms with Crippen molar-refractivity contribution in [2.75, 3.05) is 50.9 Å². The molecule has 3 aromatic carbocycles. The number of benzene rings is 3. The fourth-order valence-corrected chi connectivity index (χ4v) is 5.85. The van der Waals surface area contributed by atoms with E-state index >= 15 is 0 Å². The number of carbonyl (C=O) groups excluding carboxylic acids is 2. The molecule has 260 valence electrons. The van der Waals surface area contributed by atoms with Crippen LogP contribution in [0.5, 0.6) is 11.5 Å². The summed E-state index contributed by atoms with van der Waals surface area (Å²) in [5, 5.41) is 14.0. The molecule has 15 heteroatoms. The Morgan fingerprint density at radius 3 is 2.43 bits per heavy atom. The van der Waals surface area contributed by atoms with E-state index in [1.54, 1.807) is 36.4 Å². The molecular weight excluding hydrogens is 702 g/mol. The van der Waals surface area contributed by atoms with Crippen LogP contribution in [0.15, 0.2) is 84.4 Å². The van der Waals surface area contributed by atoms with Gasteiger partial charge in [0.1, 0.15) is 23.9 Å². The number of carbonyl (C=O) groups is 2. The Morgan fingerprint density at radius 2 is 1.76 bits per heavy atom. The third kappa shape index (κ3) is 10.3. The van der Waals surface area contributed by atoms with Crippen LogP contribution in [0.25, 0.3) is 0 Å². The molecule has 2 amide bonds. The molecule has 49 heavy (non-hydrogen) atoms. The van der Waals surface area contributed by atoms with Crippen molar-refractivity contribution in [1.82, 2.24) is 10.2 Å². The molecule has 11 nitrogen and oxygen atoms in total. The normalized spacial score (nSPS) is 18.0. The molecule has 1 fully saturated rings. The van der Waals surface area contributed by atoms with Crippen LogP contribution >= 0.6 is 34.8 Å². The highest BCUT2D eigenvalue weighted by Crippen LogP contribution is 2.36. The number of nitro benzene ring substituents is 1. The average Bonchev–Trinajstić information content (AvgIpc) is 3.46. The predicted octanol–water partition coefficient (Wildman–Crippen LogP) is 6.64. The smallest absolute Gasteiger partial charge is 0.420 e. The maximum absolute atomic E-state index is 13.8. The lowest BCUT2D eigenvalue weighted by Gasteiger charge is -2.30. The number of nitrogens with zero attached hydrogens (tertiary/aromatic N) is 3. The van der Waals surface area contributed by atoms with Crippen LogP contribution < -0.4 is 19.7 Å². The number of hydrogen-bond donors (Lipinski definition) is 1. The van der Waals surface area contributed by atoms with Gasteiger partial charge in [-0.15, -0.1) is 0 Å². The number of alkyl halides is 3. The predicted molar refractivity (Wildman–Crippen MR) is 184 cm³/mol. The second kappa shape index (κ2) is 16.2. The zero-order valence-electron chi connectivity index (χ0n) is 26.3. The van der Waals surface area contributed by atoms with Crippen molar-refractivity contribution >= 4 is 58.2 Å². The van der Waals surface area contributed by atoms with E-state index in [4.69, 9.17) is 49.0 Å². The summed E-state index contributed by atoms with van der Waals surface area (Å²) in [6.45, 7) is 4.20. The highest BCUT2D eigenvalue weighted by atomic mass is 35.6. The first kappa shape index (κ1) is 36.3. The summed E-state index contributed by atoms with van der Waals surface area (Å²) in [4.78, 5) is 40.9. The van der Waals surface area contributed by atoms with E-state index in [2.05, 4.69) is 10.2 Å². The van der Waals surface area contributed by atoms with E-state index in [0.29, 0.717) is 50.6 Å². The highest BCUT2D eigenvalue weighted by molar-refractivity contribution is 6.76. The van der Waals surface area contributed by atoms with Crippen LogP contribution in [-0.4, -0.2) is 77.2 Å². The van der Waals surface area contributed by atoms with Crippen LogP contribution in [0.1, 0.15) is 18.4 Å². The number of rotatable bonds is 12. The third-order valence-corrected chi connectivity index (χ3v) is 8.68. The molecule has 0 spiro atoms. The fourth-order valence-electron chi connectivity index (χ4n) is 5.70. The zero-order valence-corrected chi connectivity index (χ0v) is 28.6. The summed E-state index contributed by atoms with van der Waals surface area (Å²) >= 11 is 17.7. The Hall–Kier alpha value is -3.94. The Kier molecular flexibility index (Phi) is 12.0. The molecule has 5 rings (SSSR count). The summed E-state index contributed by atoms with van der Waals surface area (Å²) in [5.74, 6) is -0.576. The maximum Gasteiger partial charge on any atom is 0.420 e. The van der Waals surface area contributed by atoms with Gasteiger partial charge < -0.3 is 19.5 Å². The minimum absolute atomic E-state index is 0.0534. The van der Waals surface area contributed by atoms with Gasteiger partial charge >= 0.3 is 6.09 Å². The minimum Gasteiger partial charge on any atom is -0.492 e. The van der Waals surface area contributed by atoms with Crippen molar-refractivity contribution in [3.63, 3.8) is 0 Å². The number of anilines is 1. The lowest BCUT2D eigenvalue weighted by Crippen LogP contribution is -2.51. The summed E-state index contributed by atoms with van der Waals surface area (Å²) in [6, 6.07) is 18.1. The molecule has 0 radical (unpaired) electrons. The number of ether oxygens (including phenoxy) is 3. The molecule has 1 aliphatic carbocycles. The summed E-state index contributed by atoms with van der Waals surface area (Å²) in [7, 11) is 0. The van der Waals surface area contributed by atoms with Gasteiger partial charge in [0.2, 0.25) is 0 Å². The molecule has 1 aliphatic heterocycles. The largest absolute Gasteiger partial charge is 0.492 e.